The van der Waals surface area contributed by atoms with E-state index in [4.69, 9.17) is 11.6 Å². The van der Waals surface area contributed by atoms with Crippen LogP contribution in [0.2, 0.25) is 5.02 Å². The molecule has 0 radical (unpaired) electrons. The van der Waals surface area contributed by atoms with Crippen molar-refractivity contribution >= 4 is 34.3 Å². The zero-order valence-corrected chi connectivity index (χ0v) is 18.7. The molecule has 5 rings (SSSR count). The lowest BCUT2D eigenvalue weighted by Crippen LogP contribution is -2.68. The molecule has 0 saturated carbocycles. The van der Waals surface area contributed by atoms with Crippen LogP contribution in [0.3, 0.4) is 0 Å². The number of amides is 2. The van der Waals surface area contributed by atoms with Crippen molar-refractivity contribution in [2.24, 2.45) is 0 Å². The largest absolute Gasteiger partial charge is 0.356 e. The number of piperazine rings is 1. The molecule has 1 aromatic heterocycles. The monoisotopic (exact) mass is 435 g/mol. The molecule has 1 fully saturated rings. The van der Waals surface area contributed by atoms with E-state index < -0.39 is 5.54 Å². The van der Waals surface area contributed by atoms with Crippen molar-refractivity contribution < 1.29 is 9.59 Å². The highest BCUT2D eigenvalue weighted by atomic mass is 35.5. The van der Waals surface area contributed by atoms with Crippen molar-refractivity contribution in [2.45, 2.75) is 44.7 Å². The number of aromatic nitrogens is 1. The Labute approximate surface area is 187 Å². The number of nitrogens with zero attached hydrogens (tertiary/aromatic N) is 2. The molecule has 0 bridgehead atoms. The van der Waals surface area contributed by atoms with Gasteiger partial charge in [-0.25, -0.2) is 0 Å². The van der Waals surface area contributed by atoms with E-state index in [-0.39, 0.29) is 30.3 Å². The van der Waals surface area contributed by atoms with Crippen molar-refractivity contribution in [3.05, 3.63) is 70.4 Å². The second-order valence-electron chi connectivity index (χ2n) is 8.80. The SMILES string of the molecule is CC[C@H](C)N1CC(=O)N2C[C@H](c3ccccc3Cl)c3c([nH]c4ccccc34)[C@@]2(C)C1=O. The van der Waals surface area contributed by atoms with Crippen LogP contribution < -0.4 is 0 Å². The fourth-order valence-electron chi connectivity index (χ4n) is 5.24. The number of benzene rings is 2. The van der Waals surface area contributed by atoms with Crippen molar-refractivity contribution in [3.63, 3.8) is 0 Å². The molecule has 3 atom stereocenters. The molecule has 31 heavy (non-hydrogen) atoms. The van der Waals surface area contributed by atoms with Gasteiger partial charge in [0.05, 0.1) is 5.69 Å². The van der Waals surface area contributed by atoms with E-state index in [0.29, 0.717) is 11.6 Å². The summed E-state index contributed by atoms with van der Waals surface area (Å²) in [5.41, 5.74) is 2.74. The van der Waals surface area contributed by atoms with Gasteiger partial charge in [-0.3, -0.25) is 9.59 Å². The minimum Gasteiger partial charge on any atom is -0.356 e. The second-order valence-corrected chi connectivity index (χ2v) is 9.21. The first-order valence-electron chi connectivity index (χ1n) is 10.8. The van der Waals surface area contributed by atoms with Crippen LogP contribution in [0.5, 0.6) is 0 Å². The quantitative estimate of drug-likeness (QED) is 0.651. The molecule has 160 valence electrons. The summed E-state index contributed by atoms with van der Waals surface area (Å²) >= 11 is 6.61. The van der Waals surface area contributed by atoms with Gasteiger partial charge in [-0.2, -0.15) is 0 Å². The lowest BCUT2D eigenvalue weighted by molar-refractivity contribution is -0.168. The number of fused-ring (bicyclic) bond motifs is 5. The summed E-state index contributed by atoms with van der Waals surface area (Å²) in [5, 5.41) is 1.74. The second kappa shape index (κ2) is 7.13. The average Bonchev–Trinajstić information content (AvgIpc) is 3.17. The summed E-state index contributed by atoms with van der Waals surface area (Å²) in [7, 11) is 0. The Morgan fingerprint density at radius 2 is 1.87 bits per heavy atom. The standard InChI is InChI=1S/C25H26ClN3O2/c1-4-15(2)28-14-21(30)29-13-18(16-9-5-7-11-19(16)26)22-17-10-6-8-12-20(17)27-23(22)25(29,3)24(28)31/h5-12,15,18,27H,4,13-14H2,1-3H3/t15-,18+,25-/m0/s1. The molecule has 0 aliphatic carbocycles. The van der Waals surface area contributed by atoms with Crippen molar-refractivity contribution in [1.82, 2.24) is 14.8 Å². The average molecular weight is 436 g/mol. The highest BCUT2D eigenvalue weighted by Crippen LogP contribution is 2.49. The number of rotatable bonds is 3. The number of hydrogen-bond donors (Lipinski definition) is 1. The van der Waals surface area contributed by atoms with E-state index in [1.807, 2.05) is 63.2 Å². The van der Waals surface area contributed by atoms with Gasteiger partial charge >= 0.3 is 0 Å². The van der Waals surface area contributed by atoms with Crippen LogP contribution in [-0.4, -0.2) is 45.7 Å². The molecule has 5 nitrogen and oxygen atoms in total. The minimum absolute atomic E-state index is 0.00421. The van der Waals surface area contributed by atoms with Crippen LogP contribution in [0.25, 0.3) is 10.9 Å². The lowest BCUT2D eigenvalue weighted by Gasteiger charge is -2.52. The predicted octanol–water partition coefficient (Wildman–Crippen LogP) is 4.65. The molecule has 0 unspecified atom stereocenters. The highest BCUT2D eigenvalue weighted by molar-refractivity contribution is 6.31. The zero-order chi connectivity index (χ0) is 21.9. The van der Waals surface area contributed by atoms with E-state index in [9.17, 15) is 9.59 Å². The van der Waals surface area contributed by atoms with Gasteiger partial charge < -0.3 is 14.8 Å². The Kier molecular flexibility index (Phi) is 4.63. The Morgan fingerprint density at radius 1 is 1.16 bits per heavy atom. The molecule has 2 aliphatic heterocycles. The van der Waals surface area contributed by atoms with Gasteiger partial charge in [-0.15, -0.1) is 0 Å². The Hall–Kier alpha value is -2.79. The summed E-state index contributed by atoms with van der Waals surface area (Å²) in [6.45, 7) is 6.48. The number of carbonyl (C=O) groups excluding carboxylic acids is 2. The zero-order valence-electron chi connectivity index (χ0n) is 18.0. The molecule has 2 aromatic carbocycles. The van der Waals surface area contributed by atoms with Gasteiger partial charge in [0, 0.05) is 34.4 Å². The van der Waals surface area contributed by atoms with Gasteiger partial charge in [0.15, 0.2) is 5.54 Å². The maximum absolute atomic E-state index is 13.9. The first-order chi connectivity index (χ1) is 14.9. The number of nitrogens with one attached hydrogen (secondary N) is 1. The summed E-state index contributed by atoms with van der Waals surface area (Å²) in [6, 6.07) is 15.9. The van der Waals surface area contributed by atoms with E-state index in [0.717, 1.165) is 34.1 Å². The number of para-hydroxylation sites is 1. The maximum Gasteiger partial charge on any atom is 0.255 e. The van der Waals surface area contributed by atoms with Crippen molar-refractivity contribution in [1.29, 1.82) is 0 Å². The van der Waals surface area contributed by atoms with Crippen LogP contribution >= 0.6 is 11.6 Å². The molecule has 1 N–H and O–H groups in total. The Morgan fingerprint density at radius 3 is 2.61 bits per heavy atom. The van der Waals surface area contributed by atoms with Crippen LogP contribution in [-0.2, 0) is 15.1 Å². The molecule has 3 aromatic rings. The summed E-state index contributed by atoms with van der Waals surface area (Å²) in [5.74, 6) is -0.157. The number of hydrogen-bond acceptors (Lipinski definition) is 2. The Bertz CT molecular complexity index is 1200. The molecular formula is C25H26ClN3O2. The summed E-state index contributed by atoms with van der Waals surface area (Å²) in [6.07, 6.45) is 0.802. The molecule has 0 spiro atoms. The molecule has 6 heteroatoms. The molecule has 2 aliphatic rings. The van der Waals surface area contributed by atoms with Gasteiger partial charge in [-0.05, 0) is 43.5 Å². The van der Waals surface area contributed by atoms with E-state index >= 15 is 0 Å². The Balaban J connectivity index is 1.78. The fraction of sp³-hybridized carbons (Fsp3) is 0.360. The fourth-order valence-corrected chi connectivity index (χ4v) is 5.51. The topological polar surface area (TPSA) is 56.4 Å². The molecule has 1 saturated heterocycles. The first-order valence-corrected chi connectivity index (χ1v) is 11.2. The minimum atomic E-state index is -1.06. The van der Waals surface area contributed by atoms with Gasteiger partial charge in [-0.1, -0.05) is 54.9 Å². The van der Waals surface area contributed by atoms with E-state index in [1.54, 1.807) is 9.80 Å². The molecule has 3 heterocycles. The van der Waals surface area contributed by atoms with Gasteiger partial charge in [0.25, 0.3) is 5.91 Å². The maximum atomic E-state index is 13.9. The highest BCUT2D eigenvalue weighted by Gasteiger charge is 2.56. The number of carbonyl (C=O) groups is 2. The third kappa shape index (κ3) is 2.76. The summed E-state index contributed by atoms with van der Waals surface area (Å²) < 4.78 is 0. The normalized spacial score (nSPS) is 24.3. The smallest absolute Gasteiger partial charge is 0.255 e. The number of aromatic amines is 1. The lowest BCUT2D eigenvalue weighted by atomic mass is 9.76. The predicted molar refractivity (Wildman–Crippen MR) is 122 cm³/mol. The van der Waals surface area contributed by atoms with Crippen molar-refractivity contribution in [3.8, 4) is 0 Å². The summed E-state index contributed by atoms with van der Waals surface area (Å²) in [4.78, 5) is 34.3. The van der Waals surface area contributed by atoms with E-state index in [1.165, 1.54) is 0 Å². The third-order valence-corrected chi connectivity index (χ3v) is 7.52. The molecular weight excluding hydrogens is 410 g/mol. The van der Waals surface area contributed by atoms with Crippen LogP contribution in [0.4, 0.5) is 0 Å². The number of H-pyrrole nitrogens is 1. The van der Waals surface area contributed by atoms with E-state index in [2.05, 4.69) is 11.1 Å². The number of halogens is 1. The third-order valence-electron chi connectivity index (χ3n) is 7.17. The van der Waals surface area contributed by atoms with Gasteiger partial charge in [0.1, 0.15) is 6.54 Å². The van der Waals surface area contributed by atoms with Crippen molar-refractivity contribution in [2.75, 3.05) is 13.1 Å². The molecule has 2 amide bonds. The van der Waals surface area contributed by atoms with Gasteiger partial charge in [0.2, 0.25) is 5.91 Å². The van der Waals surface area contributed by atoms with Crippen LogP contribution in [0, 0.1) is 0 Å². The van der Waals surface area contributed by atoms with Crippen LogP contribution in [0.1, 0.15) is 49.9 Å². The van der Waals surface area contributed by atoms with Crippen LogP contribution in [0.15, 0.2) is 48.5 Å². The first kappa shape index (κ1) is 20.1.